The van der Waals surface area contributed by atoms with Gasteiger partial charge in [-0.05, 0) is 25.3 Å². The number of carboxylic acids is 1. The van der Waals surface area contributed by atoms with E-state index in [1.165, 1.54) is 0 Å². The summed E-state index contributed by atoms with van der Waals surface area (Å²) in [5.74, 6) is -1.08. The molecule has 0 aliphatic heterocycles. The fourth-order valence-corrected chi connectivity index (χ4v) is 2.33. The minimum Gasteiger partial charge on any atom is -0.481 e. The van der Waals surface area contributed by atoms with Crippen molar-refractivity contribution in [1.82, 2.24) is 5.32 Å². The molecule has 0 radical (unpaired) electrons. The predicted molar refractivity (Wildman–Crippen MR) is 84.8 cm³/mol. The van der Waals surface area contributed by atoms with Gasteiger partial charge in [-0.25, -0.2) is 0 Å². The molecule has 5 nitrogen and oxygen atoms in total. The molecular formula is C17H25NO4. The maximum atomic E-state index is 11.9. The first-order valence-electron chi connectivity index (χ1n) is 7.54. The summed E-state index contributed by atoms with van der Waals surface area (Å²) in [6, 6.07) is 9.04. The second kappa shape index (κ2) is 8.54. The highest BCUT2D eigenvalue weighted by molar-refractivity contribution is 5.83. The molecule has 0 fully saturated rings. The smallest absolute Gasteiger partial charge is 0.315 e. The van der Waals surface area contributed by atoms with E-state index in [4.69, 9.17) is 4.74 Å². The molecule has 5 heteroatoms. The lowest BCUT2D eigenvalue weighted by Gasteiger charge is -2.29. The first kappa shape index (κ1) is 18.2. The van der Waals surface area contributed by atoms with Gasteiger partial charge in [0.1, 0.15) is 5.41 Å². The Morgan fingerprint density at radius 1 is 1.32 bits per heavy atom. The summed E-state index contributed by atoms with van der Waals surface area (Å²) in [5.41, 5.74) is -0.389. The molecule has 0 aromatic heterocycles. The molecule has 1 aromatic rings. The highest BCUT2D eigenvalue weighted by Crippen LogP contribution is 2.27. The van der Waals surface area contributed by atoms with Crippen LogP contribution < -0.4 is 5.32 Å². The van der Waals surface area contributed by atoms with E-state index >= 15 is 0 Å². The number of carbonyl (C=O) groups excluding carboxylic acids is 1. The number of aliphatic carboxylic acids is 1. The molecule has 122 valence electrons. The Bertz CT molecular complexity index is 489. The van der Waals surface area contributed by atoms with Gasteiger partial charge in [-0.3, -0.25) is 9.59 Å². The standard InChI is InChI=1S/C17H25NO4/c1-4-17(16(20)21,14-8-6-5-7-9-14)12-18-15(19)11-10-13(2)22-3/h5-9,13H,4,10-12H2,1-3H3,(H,18,19)(H,20,21). The Morgan fingerprint density at radius 2 is 1.95 bits per heavy atom. The normalized spacial score (nSPS) is 14.9. The van der Waals surface area contributed by atoms with Gasteiger partial charge in [0.15, 0.2) is 0 Å². The molecule has 22 heavy (non-hydrogen) atoms. The van der Waals surface area contributed by atoms with Gasteiger partial charge in [0.2, 0.25) is 5.91 Å². The van der Waals surface area contributed by atoms with E-state index in [9.17, 15) is 14.7 Å². The largest absolute Gasteiger partial charge is 0.481 e. The van der Waals surface area contributed by atoms with Crippen molar-refractivity contribution in [2.75, 3.05) is 13.7 Å². The average Bonchev–Trinajstić information content (AvgIpc) is 2.54. The van der Waals surface area contributed by atoms with Crippen LogP contribution in [0.2, 0.25) is 0 Å². The second-order valence-electron chi connectivity index (χ2n) is 5.47. The SMILES string of the molecule is CCC(CNC(=O)CCC(C)OC)(C(=O)O)c1ccccc1. The van der Waals surface area contributed by atoms with Crippen molar-refractivity contribution in [2.45, 2.75) is 44.6 Å². The molecule has 0 spiro atoms. The Labute approximate surface area is 131 Å². The van der Waals surface area contributed by atoms with Crippen molar-refractivity contribution in [3.05, 3.63) is 35.9 Å². The first-order valence-corrected chi connectivity index (χ1v) is 7.54. The van der Waals surface area contributed by atoms with Crippen molar-refractivity contribution < 1.29 is 19.4 Å². The summed E-state index contributed by atoms with van der Waals surface area (Å²) in [6.07, 6.45) is 1.35. The Hall–Kier alpha value is -1.88. The molecule has 0 aliphatic carbocycles. The van der Waals surface area contributed by atoms with E-state index in [-0.39, 0.29) is 18.6 Å². The van der Waals surface area contributed by atoms with Crippen molar-refractivity contribution in [2.24, 2.45) is 0 Å². The molecule has 2 unspecified atom stereocenters. The number of amides is 1. The van der Waals surface area contributed by atoms with Crippen LogP contribution in [0.5, 0.6) is 0 Å². The zero-order valence-corrected chi connectivity index (χ0v) is 13.5. The first-order chi connectivity index (χ1) is 10.5. The number of benzene rings is 1. The number of methoxy groups -OCH3 is 1. The number of ether oxygens (including phenoxy) is 1. The molecule has 2 atom stereocenters. The monoisotopic (exact) mass is 307 g/mol. The van der Waals surface area contributed by atoms with Crippen molar-refractivity contribution in [3.63, 3.8) is 0 Å². The van der Waals surface area contributed by atoms with Crippen molar-refractivity contribution in [1.29, 1.82) is 0 Å². The van der Waals surface area contributed by atoms with Crippen LogP contribution >= 0.6 is 0 Å². The minimum atomic E-state index is -1.09. The molecule has 0 bridgehead atoms. The van der Waals surface area contributed by atoms with Crippen LogP contribution in [-0.2, 0) is 19.7 Å². The molecule has 2 N–H and O–H groups in total. The topological polar surface area (TPSA) is 75.6 Å². The van der Waals surface area contributed by atoms with Crippen LogP contribution in [0.1, 0.15) is 38.7 Å². The molecule has 1 amide bonds. The van der Waals surface area contributed by atoms with Gasteiger partial charge in [-0.15, -0.1) is 0 Å². The lowest BCUT2D eigenvalue weighted by molar-refractivity contribution is -0.144. The van der Waals surface area contributed by atoms with Gasteiger partial charge in [0.05, 0.1) is 6.10 Å². The van der Waals surface area contributed by atoms with Gasteiger partial charge < -0.3 is 15.2 Å². The number of hydrogen-bond donors (Lipinski definition) is 2. The fourth-order valence-electron chi connectivity index (χ4n) is 2.33. The zero-order chi connectivity index (χ0) is 16.6. The van der Waals surface area contributed by atoms with Crippen LogP contribution in [0.3, 0.4) is 0 Å². The maximum absolute atomic E-state index is 11.9. The number of carbonyl (C=O) groups is 2. The molecule has 0 aliphatic rings. The Kier molecular flexibility index (Phi) is 7.05. The van der Waals surface area contributed by atoms with E-state index in [0.29, 0.717) is 24.8 Å². The van der Waals surface area contributed by atoms with Gasteiger partial charge >= 0.3 is 5.97 Å². The van der Waals surface area contributed by atoms with Gasteiger partial charge in [-0.2, -0.15) is 0 Å². The van der Waals surface area contributed by atoms with Crippen molar-refractivity contribution in [3.8, 4) is 0 Å². The third-order valence-electron chi connectivity index (χ3n) is 4.11. The van der Waals surface area contributed by atoms with Gasteiger partial charge in [0, 0.05) is 20.1 Å². The molecular weight excluding hydrogens is 282 g/mol. The molecule has 1 rings (SSSR count). The van der Waals surface area contributed by atoms with Crippen molar-refractivity contribution >= 4 is 11.9 Å². The van der Waals surface area contributed by atoms with E-state index in [1.807, 2.05) is 32.0 Å². The Morgan fingerprint density at radius 3 is 2.45 bits per heavy atom. The van der Waals surface area contributed by atoms with E-state index in [1.54, 1.807) is 19.2 Å². The summed E-state index contributed by atoms with van der Waals surface area (Å²) < 4.78 is 5.10. The zero-order valence-electron chi connectivity index (χ0n) is 13.5. The van der Waals surface area contributed by atoms with Crippen LogP contribution in [0.25, 0.3) is 0 Å². The second-order valence-corrected chi connectivity index (χ2v) is 5.47. The molecule has 0 saturated heterocycles. The third-order valence-corrected chi connectivity index (χ3v) is 4.11. The van der Waals surface area contributed by atoms with Gasteiger partial charge in [0.25, 0.3) is 0 Å². The predicted octanol–water partition coefficient (Wildman–Crippen LogP) is 2.35. The highest BCUT2D eigenvalue weighted by Gasteiger charge is 2.38. The summed E-state index contributed by atoms with van der Waals surface area (Å²) in [5, 5.41) is 12.4. The Balaban J connectivity index is 2.75. The minimum absolute atomic E-state index is 0.00952. The van der Waals surface area contributed by atoms with Crippen LogP contribution in [0.15, 0.2) is 30.3 Å². The maximum Gasteiger partial charge on any atom is 0.315 e. The van der Waals surface area contributed by atoms with Crippen LogP contribution in [-0.4, -0.2) is 36.7 Å². The summed E-state index contributed by atoms with van der Waals surface area (Å²) in [4.78, 5) is 23.7. The summed E-state index contributed by atoms with van der Waals surface area (Å²) in [6.45, 7) is 3.80. The number of hydrogen-bond acceptors (Lipinski definition) is 3. The summed E-state index contributed by atoms with van der Waals surface area (Å²) in [7, 11) is 1.60. The lowest BCUT2D eigenvalue weighted by atomic mass is 9.78. The van der Waals surface area contributed by atoms with E-state index < -0.39 is 11.4 Å². The quantitative estimate of drug-likeness (QED) is 0.734. The fraction of sp³-hybridized carbons (Fsp3) is 0.529. The lowest BCUT2D eigenvalue weighted by Crippen LogP contribution is -2.46. The molecule has 1 aromatic carbocycles. The van der Waals surface area contributed by atoms with Gasteiger partial charge in [-0.1, -0.05) is 37.3 Å². The molecule has 0 heterocycles. The average molecular weight is 307 g/mol. The highest BCUT2D eigenvalue weighted by atomic mass is 16.5. The third kappa shape index (κ3) is 4.56. The number of carboxylic acid groups (broad SMARTS) is 1. The van der Waals surface area contributed by atoms with E-state index in [2.05, 4.69) is 5.32 Å². The number of rotatable bonds is 9. The van der Waals surface area contributed by atoms with E-state index in [0.717, 1.165) is 0 Å². The van der Waals surface area contributed by atoms with Crippen LogP contribution in [0, 0.1) is 0 Å². The summed E-state index contributed by atoms with van der Waals surface area (Å²) >= 11 is 0. The number of nitrogens with one attached hydrogen (secondary N) is 1. The van der Waals surface area contributed by atoms with Crippen LogP contribution in [0.4, 0.5) is 0 Å². The molecule has 0 saturated carbocycles.